The van der Waals surface area contributed by atoms with E-state index in [4.69, 9.17) is 4.98 Å². The quantitative estimate of drug-likeness (QED) is 0.774. The van der Waals surface area contributed by atoms with Crippen LogP contribution in [0.5, 0.6) is 0 Å². The molecule has 120 valence electrons. The molecule has 0 saturated carbocycles. The lowest BCUT2D eigenvalue weighted by Crippen LogP contribution is -2.43. The Bertz CT molecular complexity index is 700. The van der Waals surface area contributed by atoms with E-state index in [9.17, 15) is 4.79 Å². The van der Waals surface area contributed by atoms with Crippen molar-refractivity contribution in [1.29, 1.82) is 0 Å². The van der Waals surface area contributed by atoms with Gasteiger partial charge in [-0.1, -0.05) is 24.3 Å². The van der Waals surface area contributed by atoms with E-state index < -0.39 is 0 Å². The zero-order valence-corrected chi connectivity index (χ0v) is 14.6. The Morgan fingerprint density at radius 2 is 1.91 bits per heavy atom. The smallest absolute Gasteiger partial charge is 0.226 e. The number of thioether (sulfide) groups is 1. The molecule has 1 fully saturated rings. The van der Waals surface area contributed by atoms with Crippen LogP contribution in [0.25, 0.3) is 10.2 Å². The van der Waals surface area contributed by atoms with Gasteiger partial charge in [-0.2, -0.15) is 11.8 Å². The van der Waals surface area contributed by atoms with Gasteiger partial charge in [0.2, 0.25) is 5.91 Å². The molecular formula is C18H20N2OS2. The molecule has 2 heterocycles. The summed E-state index contributed by atoms with van der Waals surface area (Å²) in [5, 5.41) is 1.13. The van der Waals surface area contributed by atoms with Gasteiger partial charge in [-0.05, 0) is 25.0 Å². The normalized spacial score (nSPS) is 25.0. The molecule has 3 nitrogen and oxygen atoms in total. The highest BCUT2D eigenvalue weighted by Gasteiger charge is 2.35. The third kappa shape index (κ3) is 3.04. The summed E-state index contributed by atoms with van der Waals surface area (Å²) in [4.78, 5) is 19.9. The Morgan fingerprint density at radius 3 is 2.74 bits per heavy atom. The van der Waals surface area contributed by atoms with E-state index >= 15 is 0 Å². The standard InChI is InChI=1S/C18H20N2OS2/c21-18(20-9-11-22-12-10-20)14-6-2-1-5-13(14)17-19-15-7-3-4-8-16(15)23-17/h1-4,7-8,13-14H,5-6,9-12H2. The fraction of sp³-hybridized carbons (Fsp3) is 0.444. The third-order valence-electron chi connectivity index (χ3n) is 4.70. The van der Waals surface area contributed by atoms with Crippen LogP contribution in [0.2, 0.25) is 0 Å². The minimum absolute atomic E-state index is 0.0589. The number of carbonyl (C=O) groups is 1. The van der Waals surface area contributed by atoms with Crippen LogP contribution in [-0.4, -0.2) is 40.4 Å². The lowest BCUT2D eigenvalue weighted by molar-refractivity contribution is -0.136. The van der Waals surface area contributed by atoms with E-state index in [0.29, 0.717) is 5.91 Å². The average Bonchev–Trinajstić information content (AvgIpc) is 3.06. The zero-order valence-electron chi connectivity index (χ0n) is 13.0. The summed E-state index contributed by atoms with van der Waals surface area (Å²) in [5.74, 6) is 2.77. The number of hydrogen-bond acceptors (Lipinski definition) is 4. The molecule has 2 aliphatic rings. The van der Waals surface area contributed by atoms with Crippen molar-refractivity contribution >= 4 is 39.2 Å². The molecule has 1 aromatic heterocycles. The van der Waals surface area contributed by atoms with Gasteiger partial charge in [0.15, 0.2) is 0 Å². The molecule has 2 unspecified atom stereocenters. The van der Waals surface area contributed by atoms with Gasteiger partial charge in [-0.15, -0.1) is 11.3 Å². The SMILES string of the molecule is O=C(C1CC=CCC1c1nc2ccccc2s1)N1CCSCC1. The van der Waals surface area contributed by atoms with Crippen molar-refractivity contribution in [2.45, 2.75) is 18.8 Å². The maximum Gasteiger partial charge on any atom is 0.226 e. The third-order valence-corrected chi connectivity index (χ3v) is 6.81. The molecule has 1 saturated heterocycles. The van der Waals surface area contributed by atoms with Crippen LogP contribution in [0.4, 0.5) is 0 Å². The Labute approximate surface area is 144 Å². The monoisotopic (exact) mass is 344 g/mol. The topological polar surface area (TPSA) is 33.2 Å². The maximum absolute atomic E-state index is 13.0. The van der Waals surface area contributed by atoms with E-state index in [1.165, 1.54) is 4.70 Å². The molecule has 1 aliphatic heterocycles. The van der Waals surface area contributed by atoms with E-state index in [0.717, 1.165) is 48.0 Å². The molecule has 5 heteroatoms. The fourth-order valence-electron chi connectivity index (χ4n) is 3.43. The summed E-state index contributed by atoms with van der Waals surface area (Å²) in [7, 11) is 0. The number of fused-ring (bicyclic) bond motifs is 1. The van der Waals surface area contributed by atoms with Crippen molar-refractivity contribution in [2.75, 3.05) is 24.6 Å². The largest absolute Gasteiger partial charge is 0.341 e. The minimum Gasteiger partial charge on any atom is -0.341 e. The van der Waals surface area contributed by atoms with E-state index in [2.05, 4.69) is 35.3 Å². The Hall–Kier alpha value is -1.33. The summed E-state index contributed by atoms with van der Waals surface area (Å²) in [6.45, 7) is 1.80. The molecule has 4 rings (SSSR count). The van der Waals surface area contributed by atoms with Crippen LogP contribution in [0, 0.1) is 5.92 Å². The molecule has 0 spiro atoms. The van der Waals surface area contributed by atoms with Gasteiger partial charge in [0, 0.05) is 30.5 Å². The van der Waals surface area contributed by atoms with Crippen molar-refractivity contribution in [1.82, 2.24) is 9.88 Å². The van der Waals surface area contributed by atoms with Crippen LogP contribution in [-0.2, 0) is 4.79 Å². The summed E-state index contributed by atoms with van der Waals surface area (Å²) >= 11 is 3.70. The van der Waals surface area contributed by atoms with Crippen LogP contribution >= 0.6 is 23.1 Å². The molecule has 2 atom stereocenters. The number of benzene rings is 1. The van der Waals surface area contributed by atoms with Crippen LogP contribution in [0.3, 0.4) is 0 Å². The number of carbonyl (C=O) groups excluding carboxylic acids is 1. The van der Waals surface area contributed by atoms with Crippen molar-refractivity contribution in [3.63, 3.8) is 0 Å². The highest BCUT2D eigenvalue weighted by atomic mass is 32.2. The minimum atomic E-state index is 0.0589. The second kappa shape index (κ2) is 6.65. The van der Waals surface area contributed by atoms with Crippen molar-refractivity contribution in [2.24, 2.45) is 5.92 Å². The first kappa shape index (κ1) is 15.2. The zero-order chi connectivity index (χ0) is 15.6. The second-order valence-corrected chi connectivity index (χ2v) is 8.40. The van der Waals surface area contributed by atoms with Gasteiger partial charge in [-0.25, -0.2) is 4.98 Å². The highest BCUT2D eigenvalue weighted by molar-refractivity contribution is 7.99. The second-order valence-electron chi connectivity index (χ2n) is 6.11. The van der Waals surface area contributed by atoms with Gasteiger partial charge in [0.1, 0.15) is 0 Å². The molecule has 0 N–H and O–H groups in total. The first-order valence-corrected chi connectivity index (χ1v) is 10.2. The molecule has 23 heavy (non-hydrogen) atoms. The molecular weight excluding hydrogens is 324 g/mol. The first-order chi connectivity index (χ1) is 11.3. The number of aromatic nitrogens is 1. The summed E-state index contributed by atoms with van der Waals surface area (Å²) in [6.07, 6.45) is 6.17. The molecule has 0 radical (unpaired) electrons. The fourth-order valence-corrected chi connectivity index (χ4v) is 5.48. The Kier molecular flexibility index (Phi) is 4.40. The lowest BCUT2D eigenvalue weighted by Gasteiger charge is -2.33. The number of nitrogens with zero attached hydrogens (tertiary/aromatic N) is 2. The molecule has 1 aromatic carbocycles. The lowest BCUT2D eigenvalue weighted by atomic mass is 9.82. The number of amides is 1. The predicted molar refractivity (Wildman–Crippen MR) is 98.1 cm³/mol. The Balaban J connectivity index is 1.62. The molecule has 2 aromatic rings. The highest BCUT2D eigenvalue weighted by Crippen LogP contribution is 2.39. The number of hydrogen-bond donors (Lipinski definition) is 0. The average molecular weight is 345 g/mol. The molecule has 1 amide bonds. The van der Waals surface area contributed by atoms with E-state index in [-0.39, 0.29) is 11.8 Å². The van der Waals surface area contributed by atoms with Crippen molar-refractivity contribution < 1.29 is 4.79 Å². The number of allylic oxidation sites excluding steroid dienone is 2. The van der Waals surface area contributed by atoms with Gasteiger partial charge in [0.25, 0.3) is 0 Å². The number of rotatable bonds is 2. The predicted octanol–water partition coefficient (Wildman–Crippen LogP) is 3.92. The van der Waals surface area contributed by atoms with E-state index in [1.54, 1.807) is 11.3 Å². The van der Waals surface area contributed by atoms with Gasteiger partial charge < -0.3 is 4.90 Å². The van der Waals surface area contributed by atoms with Crippen molar-refractivity contribution in [3.8, 4) is 0 Å². The van der Waals surface area contributed by atoms with Crippen LogP contribution in [0.15, 0.2) is 36.4 Å². The number of para-hydroxylation sites is 1. The number of thiazole rings is 1. The van der Waals surface area contributed by atoms with E-state index in [1.807, 2.05) is 17.8 Å². The van der Waals surface area contributed by atoms with Gasteiger partial charge in [-0.3, -0.25) is 4.79 Å². The molecule has 0 bridgehead atoms. The summed E-state index contributed by atoms with van der Waals surface area (Å²) in [6, 6.07) is 8.26. The van der Waals surface area contributed by atoms with Crippen LogP contribution in [0.1, 0.15) is 23.8 Å². The van der Waals surface area contributed by atoms with Gasteiger partial charge >= 0.3 is 0 Å². The summed E-state index contributed by atoms with van der Waals surface area (Å²) < 4.78 is 1.22. The molecule has 1 aliphatic carbocycles. The first-order valence-electron chi connectivity index (χ1n) is 8.20. The summed E-state index contributed by atoms with van der Waals surface area (Å²) in [5.41, 5.74) is 1.06. The van der Waals surface area contributed by atoms with Crippen LogP contribution < -0.4 is 0 Å². The van der Waals surface area contributed by atoms with Gasteiger partial charge in [0.05, 0.1) is 21.1 Å². The maximum atomic E-state index is 13.0. The Morgan fingerprint density at radius 1 is 1.13 bits per heavy atom. The van der Waals surface area contributed by atoms with Crippen molar-refractivity contribution in [3.05, 3.63) is 41.4 Å².